The molecule has 0 aliphatic heterocycles. The number of unbranched alkanes of at least 4 members (excludes halogenated alkanes) is 28. The second-order valence-electron chi connectivity index (χ2n) is 16.6. The molecule has 1 unspecified atom stereocenters. The number of carboxylic acids is 1. The number of hydrogen-bond donors (Lipinski definition) is 3. The average molecular weight is 872 g/mol. The lowest BCUT2D eigenvalue weighted by molar-refractivity contribution is -0.161. The highest BCUT2D eigenvalue weighted by atomic mass is 31.2. The van der Waals surface area contributed by atoms with Gasteiger partial charge in [0.15, 0.2) is 6.10 Å². The van der Waals surface area contributed by atoms with Gasteiger partial charge >= 0.3 is 25.7 Å². The van der Waals surface area contributed by atoms with Gasteiger partial charge in [-0.15, -0.1) is 0 Å². The van der Waals surface area contributed by atoms with Gasteiger partial charge in [-0.05, 0) is 64.2 Å². The molecule has 0 saturated carbocycles. The van der Waals surface area contributed by atoms with Gasteiger partial charge in [0.2, 0.25) is 0 Å². The highest BCUT2D eigenvalue weighted by Crippen LogP contribution is 2.43. The lowest BCUT2D eigenvalue weighted by atomic mass is 10.1. The summed E-state index contributed by atoms with van der Waals surface area (Å²) >= 11 is 0. The van der Waals surface area contributed by atoms with E-state index >= 15 is 0 Å². The van der Waals surface area contributed by atoms with Crippen molar-refractivity contribution < 1.29 is 47.5 Å². The van der Waals surface area contributed by atoms with Crippen molar-refractivity contribution in [3.8, 4) is 0 Å². The molecule has 0 amide bonds. The van der Waals surface area contributed by atoms with Crippen LogP contribution in [0.2, 0.25) is 0 Å². The van der Waals surface area contributed by atoms with Crippen LogP contribution >= 0.6 is 7.82 Å². The molecule has 0 rings (SSSR count). The zero-order valence-corrected chi connectivity index (χ0v) is 39.2. The zero-order valence-electron chi connectivity index (χ0n) is 38.3. The van der Waals surface area contributed by atoms with E-state index in [0.717, 1.165) is 44.9 Å². The summed E-state index contributed by atoms with van der Waals surface area (Å²) in [6, 6.07) is -1.52. The van der Waals surface area contributed by atoms with Crippen molar-refractivity contribution in [2.45, 2.75) is 244 Å². The summed E-state index contributed by atoms with van der Waals surface area (Å²) in [5.41, 5.74) is 5.35. The second-order valence-corrected chi connectivity index (χ2v) is 18.0. The van der Waals surface area contributed by atoms with Crippen LogP contribution in [0.5, 0.6) is 0 Å². The van der Waals surface area contributed by atoms with Gasteiger partial charge < -0.3 is 25.2 Å². The minimum absolute atomic E-state index is 0.160. The Morgan fingerprint density at radius 1 is 0.500 bits per heavy atom. The molecule has 0 aliphatic rings. The number of carbonyl (C=O) groups excluding carboxylic acids is 2. The second kappa shape index (κ2) is 43.6. The van der Waals surface area contributed by atoms with Crippen LogP contribution in [0.4, 0.5) is 0 Å². The molecule has 0 aliphatic carbocycles. The van der Waals surface area contributed by atoms with Crippen LogP contribution in [0.25, 0.3) is 0 Å². The Morgan fingerprint density at radius 3 is 1.22 bits per heavy atom. The fraction of sp³-hybridized carbons (Fsp3) is 0.854. The van der Waals surface area contributed by atoms with Crippen molar-refractivity contribution in [1.82, 2.24) is 0 Å². The Balaban J connectivity index is 4.28. The first-order valence-corrected chi connectivity index (χ1v) is 25.9. The third kappa shape index (κ3) is 42.6. The first-order chi connectivity index (χ1) is 29.1. The fourth-order valence-electron chi connectivity index (χ4n) is 6.82. The number of aliphatic carboxylic acids is 1. The minimum Gasteiger partial charge on any atom is -0.480 e. The highest BCUT2D eigenvalue weighted by Gasteiger charge is 2.28. The first-order valence-electron chi connectivity index (χ1n) is 24.4. The van der Waals surface area contributed by atoms with Gasteiger partial charge in [-0.1, -0.05) is 179 Å². The van der Waals surface area contributed by atoms with E-state index in [2.05, 4.69) is 42.7 Å². The van der Waals surface area contributed by atoms with Crippen molar-refractivity contribution in [1.29, 1.82) is 0 Å². The number of phosphoric ester groups is 1. The summed E-state index contributed by atoms with van der Waals surface area (Å²) in [4.78, 5) is 46.1. The van der Waals surface area contributed by atoms with Crippen molar-refractivity contribution in [3.05, 3.63) is 24.3 Å². The first kappa shape index (κ1) is 58.0. The van der Waals surface area contributed by atoms with Gasteiger partial charge in [0, 0.05) is 12.8 Å². The Hall–Kier alpha value is -2.04. The standard InChI is InChI=1S/C48H90NO10P/c1-3-5-7-9-11-13-15-17-19-21-22-24-26-28-30-32-34-36-38-40-47(51)59-44(42-57-60(54,55)58-43-45(49)48(52)53)41-56-46(50)39-37-35-33-31-29-27-25-23-20-18-16-14-12-10-8-6-4-2/h17-20,44-45H,3-16,21-43,49H2,1-2H3,(H,52,53)(H,54,55)/b19-17+,20-18+/t44-,45+/m1/s1. The van der Waals surface area contributed by atoms with Crippen LogP contribution in [0.15, 0.2) is 24.3 Å². The average Bonchev–Trinajstić information content (AvgIpc) is 3.22. The van der Waals surface area contributed by atoms with Crippen LogP contribution in [0, 0.1) is 0 Å². The monoisotopic (exact) mass is 872 g/mol. The Kier molecular flexibility index (Phi) is 42.1. The van der Waals surface area contributed by atoms with Gasteiger partial charge in [0.05, 0.1) is 13.2 Å². The summed E-state index contributed by atoms with van der Waals surface area (Å²) in [5, 5.41) is 8.91. The quantitative estimate of drug-likeness (QED) is 0.0230. The number of nitrogens with two attached hydrogens (primary N) is 1. The van der Waals surface area contributed by atoms with Gasteiger partial charge in [-0.3, -0.25) is 23.4 Å². The number of carbonyl (C=O) groups is 3. The van der Waals surface area contributed by atoms with E-state index in [1.807, 2.05) is 0 Å². The molecule has 0 spiro atoms. The maximum Gasteiger partial charge on any atom is 0.472 e. The van der Waals surface area contributed by atoms with E-state index in [1.54, 1.807) is 0 Å². The van der Waals surface area contributed by atoms with Crippen LogP contribution in [-0.2, 0) is 37.5 Å². The smallest absolute Gasteiger partial charge is 0.472 e. The van der Waals surface area contributed by atoms with E-state index in [-0.39, 0.29) is 19.4 Å². The Bertz CT molecular complexity index is 1120. The highest BCUT2D eigenvalue weighted by molar-refractivity contribution is 7.47. The number of hydrogen-bond acceptors (Lipinski definition) is 9. The molecule has 0 fully saturated rings. The number of ether oxygens (including phenoxy) is 2. The molecule has 0 radical (unpaired) electrons. The number of rotatable bonds is 46. The van der Waals surface area contributed by atoms with Crippen LogP contribution in [0.1, 0.15) is 232 Å². The molecule has 0 heterocycles. The maximum absolute atomic E-state index is 12.7. The number of esters is 2. The van der Waals surface area contributed by atoms with Crippen LogP contribution in [-0.4, -0.2) is 59.9 Å². The van der Waals surface area contributed by atoms with Crippen LogP contribution in [0.3, 0.4) is 0 Å². The lowest BCUT2D eigenvalue weighted by Gasteiger charge is -2.20. The Labute approximate surface area is 366 Å². The number of phosphoric acid groups is 1. The summed E-state index contributed by atoms with van der Waals surface area (Å²) in [5.74, 6) is -2.37. The van der Waals surface area contributed by atoms with Crippen molar-refractivity contribution in [2.75, 3.05) is 19.8 Å². The summed E-state index contributed by atoms with van der Waals surface area (Å²) in [6.07, 6.45) is 46.6. The Morgan fingerprint density at radius 2 is 0.833 bits per heavy atom. The van der Waals surface area contributed by atoms with E-state index in [9.17, 15) is 23.8 Å². The minimum atomic E-state index is -4.72. The molecule has 0 aromatic heterocycles. The lowest BCUT2D eigenvalue weighted by Crippen LogP contribution is -2.34. The molecular formula is C48H90NO10P. The topological polar surface area (TPSA) is 172 Å². The summed E-state index contributed by atoms with van der Waals surface area (Å²) in [7, 11) is -4.72. The van der Waals surface area contributed by atoms with Crippen molar-refractivity contribution in [2.24, 2.45) is 5.73 Å². The van der Waals surface area contributed by atoms with Gasteiger partial charge in [-0.25, -0.2) is 4.57 Å². The molecule has 12 heteroatoms. The van der Waals surface area contributed by atoms with Crippen molar-refractivity contribution >= 4 is 25.7 Å². The van der Waals surface area contributed by atoms with Gasteiger partial charge in [0.25, 0.3) is 0 Å². The molecule has 3 atom stereocenters. The normalized spacial score (nSPS) is 13.8. The molecule has 0 bridgehead atoms. The van der Waals surface area contributed by atoms with Gasteiger partial charge in [-0.2, -0.15) is 0 Å². The van der Waals surface area contributed by atoms with Crippen LogP contribution < -0.4 is 5.73 Å². The zero-order chi connectivity index (χ0) is 44.2. The van der Waals surface area contributed by atoms with E-state index in [4.69, 9.17) is 24.8 Å². The number of allylic oxidation sites excluding steroid dienone is 4. The largest absolute Gasteiger partial charge is 0.480 e. The molecule has 0 aromatic carbocycles. The molecule has 0 aromatic rings. The molecule has 60 heavy (non-hydrogen) atoms. The summed E-state index contributed by atoms with van der Waals surface area (Å²) < 4.78 is 32.8. The van der Waals surface area contributed by atoms with E-state index in [1.165, 1.54) is 148 Å². The van der Waals surface area contributed by atoms with Gasteiger partial charge in [0.1, 0.15) is 12.6 Å². The third-order valence-corrected chi connectivity index (χ3v) is 11.6. The number of carboxylic acid groups (broad SMARTS) is 1. The molecule has 352 valence electrons. The molecular weight excluding hydrogens is 781 g/mol. The fourth-order valence-corrected chi connectivity index (χ4v) is 7.60. The molecule has 11 nitrogen and oxygen atoms in total. The molecule has 0 saturated heterocycles. The summed E-state index contributed by atoms with van der Waals surface area (Å²) in [6.45, 7) is 2.82. The third-order valence-electron chi connectivity index (χ3n) is 10.7. The predicted molar refractivity (Wildman–Crippen MR) is 245 cm³/mol. The SMILES string of the molecule is CCCCCCCC/C=C/CCCCCCCCCCCC(=O)O[C@H](COC(=O)CCCCCCCCC/C=C/CCCCCCCC)COP(=O)(O)OC[C@H](N)C(=O)O. The van der Waals surface area contributed by atoms with Crippen molar-refractivity contribution in [3.63, 3.8) is 0 Å². The maximum atomic E-state index is 12.7. The van der Waals surface area contributed by atoms with E-state index < -0.39 is 51.1 Å². The molecule has 4 N–H and O–H groups in total. The predicted octanol–water partition coefficient (Wildman–Crippen LogP) is 13.4. The van der Waals surface area contributed by atoms with E-state index in [0.29, 0.717) is 12.8 Å².